The smallest absolute Gasteiger partial charge is 0.226 e. The van der Waals surface area contributed by atoms with E-state index in [1.54, 1.807) is 0 Å². The number of rotatable bonds is 4. The van der Waals surface area contributed by atoms with Crippen LogP contribution in [0.25, 0.3) is 0 Å². The van der Waals surface area contributed by atoms with E-state index in [2.05, 4.69) is 50.2 Å². The first-order valence-electron chi connectivity index (χ1n) is 10.8. The molecule has 0 N–H and O–H groups in total. The van der Waals surface area contributed by atoms with Gasteiger partial charge in [0.05, 0.1) is 0 Å². The predicted molar refractivity (Wildman–Crippen MR) is 107 cm³/mol. The summed E-state index contributed by atoms with van der Waals surface area (Å²) in [5.41, 5.74) is 3.17. The van der Waals surface area contributed by atoms with E-state index in [9.17, 15) is 0 Å². The molecule has 0 radical (unpaired) electrons. The molecule has 0 aliphatic heterocycles. The van der Waals surface area contributed by atoms with Crippen molar-refractivity contribution in [3.8, 4) is 0 Å². The SMILES string of the molecule is CC(C)(C)c1ccc(CCc2nc(C34CC5CC(CC(C5)C3)C4)no2)cc1. The maximum atomic E-state index is 5.69. The van der Waals surface area contributed by atoms with Gasteiger partial charge in [-0.1, -0.05) is 50.2 Å². The minimum atomic E-state index is 0.206. The Morgan fingerprint density at radius 2 is 1.52 bits per heavy atom. The van der Waals surface area contributed by atoms with Crippen molar-refractivity contribution in [2.24, 2.45) is 17.8 Å². The molecule has 144 valence electrons. The summed E-state index contributed by atoms with van der Waals surface area (Å²) >= 11 is 0. The predicted octanol–water partition coefficient (Wildman–Crippen LogP) is 5.62. The molecule has 1 aromatic heterocycles. The van der Waals surface area contributed by atoms with E-state index >= 15 is 0 Å². The van der Waals surface area contributed by atoms with Gasteiger partial charge in [0.15, 0.2) is 5.82 Å². The average Bonchev–Trinajstić information content (AvgIpc) is 3.08. The van der Waals surface area contributed by atoms with Gasteiger partial charge in [-0.25, -0.2) is 0 Å². The molecule has 0 spiro atoms. The van der Waals surface area contributed by atoms with Gasteiger partial charge in [-0.2, -0.15) is 4.98 Å². The molecule has 4 saturated carbocycles. The van der Waals surface area contributed by atoms with Crippen molar-refractivity contribution < 1.29 is 4.52 Å². The molecule has 6 rings (SSSR count). The Balaban J connectivity index is 1.26. The summed E-state index contributed by atoms with van der Waals surface area (Å²) in [6.07, 6.45) is 10.1. The van der Waals surface area contributed by atoms with E-state index in [-0.39, 0.29) is 10.8 Å². The summed E-state index contributed by atoms with van der Waals surface area (Å²) in [5.74, 6) is 4.60. The summed E-state index contributed by atoms with van der Waals surface area (Å²) in [7, 11) is 0. The van der Waals surface area contributed by atoms with Crippen LogP contribution < -0.4 is 0 Å². The van der Waals surface area contributed by atoms with Gasteiger partial charge in [-0.15, -0.1) is 0 Å². The summed E-state index contributed by atoms with van der Waals surface area (Å²) in [4.78, 5) is 4.89. The molecule has 1 aromatic carbocycles. The van der Waals surface area contributed by atoms with E-state index in [0.29, 0.717) is 0 Å². The van der Waals surface area contributed by atoms with Crippen LogP contribution >= 0.6 is 0 Å². The number of hydrogen-bond donors (Lipinski definition) is 0. The zero-order valence-electron chi connectivity index (χ0n) is 17.0. The van der Waals surface area contributed by atoms with Crippen LogP contribution in [0.3, 0.4) is 0 Å². The van der Waals surface area contributed by atoms with E-state index in [1.807, 2.05) is 0 Å². The molecule has 0 amide bonds. The van der Waals surface area contributed by atoms with Crippen molar-refractivity contribution in [3.63, 3.8) is 0 Å². The van der Waals surface area contributed by atoms with Crippen LogP contribution in [-0.2, 0) is 23.7 Å². The molecule has 2 aromatic rings. The highest BCUT2D eigenvalue weighted by Crippen LogP contribution is 2.60. The molecule has 4 aliphatic rings. The molecule has 3 heteroatoms. The number of aryl methyl sites for hydroxylation is 2. The first kappa shape index (κ1) is 17.5. The Labute approximate surface area is 162 Å². The first-order valence-corrected chi connectivity index (χ1v) is 10.8. The van der Waals surface area contributed by atoms with Gasteiger partial charge < -0.3 is 4.52 Å². The summed E-state index contributed by atoms with van der Waals surface area (Å²) in [5, 5.41) is 4.48. The molecule has 3 nitrogen and oxygen atoms in total. The molecular formula is C24H32N2O. The fourth-order valence-corrected chi connectivity index (χ4v) is 6.38. The number of hydrogen-bond acceptors (Lipinski definition) is 3. The van der Waals surface area contributed by atoms with Crippen molar-refractivity contribution in [1.82, 2.24) is 10.1 Å². The molecule has 0 unspecified atom stereocenters. The van der Waals surface area contributed by atoms with Crippen LogP contribution in [0.1, 0.15) is 82.1 Å². The molecular weight excluding hydrogens is 332 g/mol. The van der Waals surface area contributed by atoms with Crippen LogP contribution in [0.4, 0.5) is 0 Å². The monoisotopic (exact) mass is 364 g/mol. The van der Waals surface area contributed by atoms with Gasteiger partial charge in [0.2, 0.25) is 5.89 Å². The molecule has 1 heterocycles. The number of aromatic nitrogens is 2. The second-order valence-corrected chi connectivity index (χ2v) is 10.7. The van der Waals surface area contributed by atoms with Gasteiger partial charge in [0, 0.05) is 11.8 Å². The fraction of sp³-hybridized carbons (Fsp3) is 0.667. The topological polar surface area (TPSA) is 38.9 Å². The quantitative estimate of drug-likeness (QED) is 0.707. The molecule has 4 bridgehead atoms. The van der Waals surface area contributed by atoms with E-state index in [4.69, 9.17) is 9.51 Å². The molecule has 4 fully saturated rings. The molecule has 0 atom stereocenters. The average molecular weight is 365 g/mol. The van der Waals surface area contributed by atoms with Gasteiger partial charge in [0.1, 0.15) is 0 Å². The highest BCUT2D eigenvalue weighted by Gasteiger charge is 2.53. The minimum Gasteiger partial charge on any atom is -0.339 e. The standard InChI is InChI=1S/C24H32N2O/c1-23(2,3)20-7-4-16(5-8-20)6-9-21-25-22(26-27-21)24-13-17-10-18(14-24)12-19(11-17)15-24/h4-5,7-8,17-19H,6,9-15H2,1-3H3. The van der Waals surface area contributed by atoms with E-state index in [1.165, 1.54) is 49.7 Å². The normalized spacial score (nSPS) is 32.2. The highest BCUT2D eigenvalue weighted by atomic mass is 16.5. The Kier molecular flexibility index (Phi) is 4.00. The molecule has 27 heavy (non-hydrogen) atoms. The van der Waals surface area contributed by atoms with Crippen LogP contribution in [0.2, 0.25) is 0 Å². The zero-order valence-corrected chi connectivity index (χ0v) is 17.0. The van der Waals surface area contributed by atoms with Crippen LogP contribution in [0.15, 0.2) is 28.8 Å². The number of benzene rings is 1. The summed E-state index contributed by atoms with van der Waals surface area (Å²) in [6, 6.07) is 9.00. The maximum absolute atomic E-state index is 5.69. The number of nitrogens with zero attached hydrogens (tertiary/aromatic N) is 2. The van der Waals surface area contributed by atoms with Gasteiger partial charge in [-0.05, 0) is 79.2 Å². The lowest BCUT2D eigenvalue weighted by atomic mass is 9.49. The Morgan fingerprint density at radius 1 is 0.926 bits per heavy atom. The lowest BCUT2D eigenvalue weighted by molar-refractivity contribution is -0.0103. The minimum absolute atomic E-state index is 0.206. The Hall–Kier alpha value is -1.64. The Bertz CT molecular complexity index is 776. The van der Waals surface area contributed by atoms with Gasteiger partial charge in [0.25, 0.3) is 0 Å². The highest BCUT2D eigenvalue weighted by molar-refractivity contribution is 5.27. The molecule has 0 saturated heterocycles. The van der Waals surface area contributed by atoms with Gasteiger partial charge in [-0.3, -0.25) is 0 Å². The second kappa shape index (κ2) is 6.18. The second-order valence-electron chi connectivity index (χ2n) is 10.7. The Morgan fingerprint density at radius 3 is 2.07 bits per heavy atom. The third kappa shape index (κ3) is 3.23. The zero-order chi connectivity index (χ0) is 18.6. The van der Waals surface area contributed by atoms with Crippen molar-refractivity contribution in [3.05, 3.63) is 47.1 Å². The lowest BCUT2D eigenvalue weighted by Gasteiger charge is -2.55. The maximum Gasteiger partial charge on any atom is 0.226 e. The van der Waals surface area contributed by atoms with Crippen molar-refractivity contribution in [1.29, 1.82) is 0 Å². The molecule has 4 aliphatic carbocycles. The first-order chi connectivity index (χ1) is 12.9. The van der Waals surface area contributed by atoms with Crippen molar-refractivity contribution in [2.45, 2.75) is 83.0 Å². The van der Waals surface area contributed by atoms with E-state index in [0.717, 1.165) is 42.3 Å². The third-order valence-electron chi connectivity index (χ3n) is 7.43. The lowest BCUT2D eigenvalue weighted by Crippen LogP contribution is -2.49. The van der Waals surface area contributed by atoms with Crippen LogP contribution in [0, 0.1) is 17.8 Å². The van der Waals surface area contributed by atoms with Crippen molar-refractivity contribution in [2.75, 3.05) is 0 Å². The van der Waals surface area contributed by atoms with Crippen LogP contribution in [0.5, 0.6) is 0 Å². The van der Waals surface area contributed by atoms with Crippen molar-refractivity contribution >= 4 is 0 Å². The van der Waals surface area contributed by atoms with E-state index < -0.39 is 0 Å². The van der Waals surface area contributed by atoms with Gasteiger partial charge >= 0.3 is 0 Å². The summed E-state index contributed by atoms with van der Waals surface area (Å²) in [6.45, 7) is 6.77. The fourth-order valence-electron chi connectivity index (χ4n) is 6.38. The third-order valence-corrected chi connectivity index (χ3v) is 7.43. The van der Waals surface area contributed by atoms with Crippen LogP contribution in [-0.4, -0.2) is 10.1 Å². The largest absolute Gasteiger partial charge is 0.339 e. The summed E-state index contributed by atoms with van der Waals surface area (Å²) < 4.78 is 5.69.